The van der Waals surface area contributed by atoms with Crippen molar-refractivity contribution in [3.05, 3.63) is 23.7 Å². The zero-order chi connectivity index (χ0) is 18.1. The second-order valence-electron chi connectivity index (χ2n) is 6.54. The maximum absolute atomic E-state index is 11.9. The van der Waals surface area contributed by atoms with E-state index in [0.29, 0.717) is 0 Å². The molecule has 0 radical (unpaired) electrons. The van der Waals surface area contributed by atoms with Gasteiger partial charge in [0.05, 0.1) is 7.11 Å². The van der Waals surface area contributed by atoms with Crippen molar-refractivity contribution in [2.45, 2.75) is 31.6 Å². The fraction of sp³-hybridized carbons (Fsp3) is 0.600. The molecule has 1 aliphatic heterocycles. The number of amides is 1. The van der Waals surface area contributed by atoms with Gasteiger partial charge in [0.15, 0.2) is 11.1 Å². The minimum atomic E-state index is -2.21. The van der Waals surface area contributed by atoms with E-state index in [-0.39, 0.29) is 30.5 Å². The summed E-state index contributed by atoms with van der Waals surface area (Å²) in [5.41, 5.74) is -0.599. The molecule has 0 aliphatic carbocycles. The van der Waals surface area contributed by atoms with Crippen LogP contribution in [-0.4, -0.2) is 51.5 Å². The lowest BCUT2D eigenvalue weighted by Gasteiger charge is -2.41. The monoisotopic (exact) mass is 359 g/mol. The molecule has 1 saturated heterocycles. The topological polar surface area (TPSA) is 106 Å². The van der Waals surface area contributed by atoms with Gasteiger partial charge in [-0.25, -0.2) is 13.8 Å². The molecule has 8 nitrogen and oxygen atoms in total. The van der Waals surface area contributed by atoms with Gasteiger partial charge in [0.1, 0.15) is 16.6 Å². The van der Waals surface area contributed by atoms with Crippen LogP contribution < -0.4 is 0 Å². The Kier molecular flexibility index (Phi) is 5.34. The number of ether oxygens (including phenoxy) is 2. The SMILES string of the molecule is COC(=O)c1ccc(C(C2CN(C(=O)OC(C)(C)C)C2)S(=O)O)o1. The molecule has 0 bridgehead atoms. The first-order chi connectivity index (χ1) is 11.1. The van der Waals surface area contributed by atoms with E-state index in [1.807, 2.05) is 0 Å². The van der Waals surface area contributed by atoms with Crippen LogP contribution in [0.4, 0.5) is 4.79 Å². The standard InChI is InChI=1S/C15H21NO7S/c1-15(2,3)23-14(18)16-7-9(8-16)12(24(19)20)10-5-6-11(22-10)13(17)21-4/h5-6,9,12H,7-8H2,1-4H3,(H,19,20). The Bertz CT molecular complexity index is 642. The van der Waals surface area contributed by atoms with Gasteiger partial charge in [0.2, 0.25) is 5.76 Å². The first kappa shape index (κ1) is 18.5. The van der Waals surface area contributed by atoms with Gasteiger partial charge in [-0.05, 0) is 32.9 Å². The summed E-state index contributed by atoms with van der Waals surface area (Å²) in [5.74, 6) is -0.746. The van der Waals surface area contributed by atoms with Crippen molar-refractivity contribution in [3.8, 4) is 0 Å². The fourth-order valence-corrected chi connectivity index (χ4v) is 3.22. The number of rotatable bonds is 4. The highest BCUT2D eigenvalue weighted by Crippen LogP contribution is 2.35. The Morgan fingerprint density at radius 2 is 2.00 bits per heavy atom. The molecule has 2 rings (SSSR count). The average Bonchev–Trinajstić information content (AvgIpc) is 2.87. The normalized spacial score (nSPS) is 17.8. The van der Waals surface area contributed by atoms with E-state index in [2.05, 4.69) is 4.74 Å². The Morgan fingerprint density at radius 3 is 2.50 bits per heavy atom. The number of esters is 1. The minimum Gasteiger partial charge on any atom is -0.463 e. The predicted molar refractivity (Wildman–Crippen MR) is 84.9 cm³/mol. The second kappa shape index (κ2) is 6.94. The molecule has 1 aliphatic rings. The van der Waals surface area contributed by atoms with Crippen LogP contribution in [0.5, 0.6) is 0 Å². The van der Waals surface area contributed by atoms with Crippen molar-refractivity contribution in [2.75, 3.05) is 20.2 Å². The summed E-state index contributed by atoms with van der Waals surface area (Å²) in [5, 5.41) is -0.831. The average molecular weight is 359 g/mol. The summed E-state index contributed by atoms with van der Waals surface area (Å²) < 4.78 is 36.4. The first-order valence-electron chi connectivity index (χ1n) is 7.38. The van der Waals surface area contributed by atoms with E-state index in [1.165, 1.54) is 24.1 Å². The lowest BCUT2D eigenvalue weighted by atomic mass is 9.95. The summed E-state index contributed by atoms with van der Waals surface area (Å²) in [6.45, 7) is 5.86. The molecule has 2 unspecified atom stereocenters. The predicted octanol–water partition coefficient (Wildman–Crippen LogP) is 2.20. The number of likely N-dealkylation sites (tertiary alicyclic amines) is 1. The summed E-state index contributed by atoms with van der Waals surface area (Å²) in [6, 6.07) is 2.87. The van der Waals surface area contributed by atoms with Crippen molar-refractivity contribution < 1.29 is 32.2 Å². The quantitative estimate of drug-likeness (QED) is 0.649. The molecular weight excluding hydrogens is 338 g/mol. The maximum Gasteiger partial charge on any atom is 0.410 e. The Balaban J connectivity index is 2.04. The van der Waals surface area contributed by atoms with Gasteiger partial charge >= 0.3 is 12.1 Å². The van der Waals surface area contributed by atoms with Crippen LogP contribution in [0, 0.1) is 5.92 Å². The fourth-order valence-electron chi connectivity index (χ4n) is 2.39. The van der Waals surface area contributed by atoms with Crippen LogP contribution in [0.2, 0.25) is 0 Å². The highest BCUT2D eigenvalue weighted by molar-refractivity contribution is 7.79. The lowest BCUT2D eigenvalue weighted by molar-refractivity contribution is -0.00248. The van der Waals surface area contributed by atoms with Crippen LogP contribution >= 0.6 is 0 Å². The van der Waals surface area contributed by atoms with Crippen molar-refractivity contribution in [3.63, 3.8) is 0 Å². The Labute approximate surface area is 142 Å². The maximum atomic E-state index is 11.9. The number of carbonyl (C=O) groups is 2. The van der Waals surface area contributed by atoms with E-state index in [4.69, 9.17) is 9.15 Å². The number of methoxy groups -OCH3 is 1. The van der Waals surface area contributed by atoms with Gasteiger partial charge < -0.3 is 23.3 Å². The number of hydrogen-bond acceptors (Lipinski definition) is 6. The van der Waals surface area contributed by atoms with Crippen molar-refractivity contribution in [1.82, 2.24) is 4.90 Å². The Morgan fingerprint density at radius 1 is 1.38 bits per heavy atom. The van der Waals surface area contributed by atoms with Crippen LogP contribution in [0.15, 0.2) is 16.5 Å². The zero-order valence-electron chi connectivity index (χ0n) is 14.0. The molecule has 134 valence electrons. The van der Waals surface area contributed by atoms with Gasteiger partial charge in [-0.3, -0.25) is 0 Å². The van der Waals surface area contributed by atoms with Crippen LogP contribution in [-0.2, 0) is 20.6 Å². The number of carbonyl (C=O) groups excluding carboxylic acids is 2. The van der Waals surface area contributed by atoms with E-state index in [0.717, 1.165) is 0 Å². The number of nitrogens with zero attached hydrogens (tertiary/aromatic N) is 1. The summed E-state index contributed by atoms with van der Waals surface area (Å²) in [7, 11) is 1.22. The third kappa shape index (κ3) is 4.15. The highest BCUT2D eigenvalue weighted by Gasteiger charge is 2.42. The smallest absolute Gasteiger partial charge is 0.410 e. The van der Waals surface area contributed by atoms with Gasteiger partial charge in [-0.15, -0.1) is 0 Å². The third-order valence-corrected chi connectivity index (χ3v) is 4.55. The molecule has 1 fully saturated rings. The molecule has 1 aromatic rings. The van der Waals surface area contributed by atoms with Gasteiger partial charge in [0.25, 0.3) is 0 Å². The zero-order valence-corrected chi connectivity index (χ0v) is 14.8. The molecule has 0 saturated carbocycles. The highest BCUT2D eigenvalue weighted by atomic mass is 32.2. The summed E-state index contributed by atoms with van der Waals surface area (Å²) in [6.07, 6.45) is -0.462. The van der Waals surface area contributed by atoms with Crippen LogP contribution in [0.3, 0.4) is 0 Å². The molecular formula is C15H21NO7S. The molecule has 2 atom stereocenters. The molecule has 1 N–H and O–H groups in total. The molecule has 24 heavy (non-hydrogen) atoms. The molecule has 1 amide bonds. The van der Waals surface area contributed by atoms with Gasteiger partial charge in [-0.2, -0.15) is 0 Å². The largest absolute Gasteiger partial charge is 0.463 e. The van der Waals surface area contributed by atoms with E-state index in [9.17, 15) is 18.4 Å². The second-order valence-corrected chi connectivity index (χ2v) is 7.60. The van der Waals surface area contributed by atoms with E-state index in [1.54, 1.807) is 20.8 Å². The van der Waals surface area contributed by atoms with Gasteiger partial charge in [-0.1, -0.05) is 0 Å². The lowest BCUT2D eigenvalue weighted by Crippen LogP contribution is -2.53. The summed E-state index contributed by atoms with van der Waals surface area (Å²) >= 11 is -2.21. The van der Waals surface area contributed by atoms with Crippen molar-refractivity contribution in [2.24, 2.45) is 5.92 Å². The van der Waals surface area contributed by atoms with Gasteiger partial charge in [0, 0.05) is 19.0 Å². The molecule has 1 aromatic heterocycles. The van der Waals surface area contributed by atoms with Crippen molar-refractivity contribution >= 4 is 23.1 Å². The molecule has 0 spiro atoms. The molecule has 9 heteroatoms. The first-order valence-corrected chi connectivity index (χ1v) is 8.55. The number of furan rings is 1. The molecule has 0 aromatic carbocycles. The summed E-state index contributed by atoms with van der Waals surface area (Å²) in [4.78, 5) is 24.8. The molecule has 2 heterocycles. The van der Waals surface area contributed by atoms with E-state index < -0.39 is 34.0 Å². The van der Waals surface area contributed by atoms with Crippen molar-refractivity contribution in [1.29, 1.82) is 0 Å². The minimum absolute atomic E-state index is 0.0359. The van der Waals surface area contributed by atoms with Crippen LogP contribution in [0.25, 0.3) is 0 Å². The third-order valence-electron chi connectivity index (χ3n) is 3.50. The van der Waals surface area contributed by atoms with E-state index >= 15 is 0 Å². The number of hydrogen-bond donors (Lipinski definition) is 1. The van der Waals surface area contributed by atoms with Crippen LogP contribution in [0.1, 0.15) is 42.3 Å². The Hall–Kier alpha value is -1.87.